The molecular formula is C21H36O2. The van der Waals surface area contributed by atoms with Crippen molar-refractivity contribution in [3.05, 3.63) is 25.3 Å². The van der Waals surface area contributed by atoms with Gasteiger partial charge in [-0.3, -0.25) is 0 Å². The number of hydrogen-bond donors (Lipinski definition) is 2. The first-order valence-electron chi connectivity index (χ1n) is 9.38. The summed E-state index contributed by atoms with van der Waals surface area (Å²) in [5.41, 5.74) is -2.28. The molecule has 2 fully saturated rings. The topological polar surface area (TPSA) is 40.5 Å². The summed E-state index contributed by atoms with van der Waals surface area (Å²) in [5.74, 6) is 0.156. The van der Waals surface area contributed by atoms with Crippen molar-refractivity contribution in [2.45, 2.75) is 89.8 Å². The minimum atomic E-state index is -1.02. The highest BCUT2D eigenvalue weighted by molar-refractivity contribution is 5.29. The Bertz CT molecular complexity index is 455. The van der Waals surface area contributed by atoms with Crippen molar-refractivity contribution in [2.75, 3.05) is 0 Å². The lowest BCUT2D eigenvalue weighted by Gasteiger charge is -2.51. The van der Waals surface area contributed by atoms with Gasteiger partial charge in [0.2, 0.25) is 0 Å². The van der Waals surface area contributed by atoms with Crippen molar-refractivity contribution in [3.8, 4) is 0 Å². The van der Waals surface area contributed by atoms with Crippen molar-refractivity contribution in [3.63, 3.8) is 0 Å². The Morgan fingerprint density at radius 3 is 2.26 bits per heavy atom. The van der Waals surface area contributed by atoms with Crippen LogP contribution in [0.2, 0.25) is 0 Å². The summed E-state index contributed by atoms with van der Waals surface area (Å²) in [5, 5.41) is 23.2. The molecule has 0 aromatic rings. The van der Waals surface area contributed by atoms with Gasteiger partial charge in [0.05, 0.1) is 5.60 Å². The highest BCUT2D eigenvalue weighted by atomic mass is 16.4. The van der Waals surface area contributed by atoms with Crippen LogP contribution < -0.4 is 0 Å². The Kier molecular flexibility index (Phi) is 5.19. The first-order valence-corrected chi connectivity index (χ1v) is 9.38. The van der Waals surface area contributed by atoms with Crippen LogP contribution in [-0.2, 0) is 0 Å². The van der Waals surface area contributed by atoms with Gasteiger partial charge in [-0.15, -0.1) is 13.2 Å². The lowest BCUT2D eigenvalue weighted by Crippen LogP contribution is -2.61. The summed E-state index contributed by atoms with van der Waals surface area (Å²) in [4.78, 5) is 0. The van der Waals surface area contributed by atoms with Crippen molar-refractivity contribution >= 4 is 0 Å². The largest absolute Gasteiger partial charge is 0.386 e. The van der Waals surface area contributed by atoms with Crippen LogP contribution in [0.25, 0.3) is 0 Å². The van der Waals surface area contributed by atoms with Crippen LogP contribution in [0.1, 0.15) is 78.6 Å². The molecule has 0 amide bonds. The molecule has 0 unspecified atom stereocenters. The van der Waals surface area contributed by atoms with E-state index in [0.717, 1.165) is 32.1 Å². The van der Waals surface area contributed by atoms with E-state index in [0.29, 0.717) is 12.8 Å². The second-order valence-corrected chi connectivity index (χ2v) is 8.66. The molecule has 2 saturated carbocycles. The Morgan fingerprint density at radius 2 is 1.65 bits per heavy atom. The monoisotopic (exact) mass is 320 g/mol. The second kappa shape index (κ2) is 6.37. The molecule has 2 rings (SSSR count). The van der Waals surface area contributed by atoms with Crippen LogP contribution >= 0.6 is 0 Å². The zero-order valence-electron chi connectivity index (χ0n) is 15.4. The van der Waals surface area contributed by atoms with Gasteiger partial charge in [0.25, 0.3) is 0 Å². The molecule has 2 N–H and O–H groups in total. The van der Waals surface area contributed by atoms with Crippen LogP contribution in [-0.4, -0.2) is 21.4 Å². The smallest absolute Gasteiger partial charge is 0.101 e. The zero-order chi connectivity index (χ0) is 17.4. The minimum Gasteiger partial charge on any atom is -0.386 e. The van der Waals surface area contributed by atoms with E-state index in [4.69, 9.17) is 0 Å². The first kappa shape index (κ1) is 18.7. The Labute approximate surface area is 142 Å². The zero-order valence-corrected chi connectivity index (χ0v) is 15.4. The van der Waals surface area contributed by atoms with Crippen LogP contribution in [0.15, 0.2) is 25.3 Å². The number of aliphatic hydroxyl groups is 2. The van der Waals surface area contributed by atoms with Gasteiger partial charge < -0.3 is 10.2 Å². The lowest BCUT2D eigenvalue weighted by molar-refractivity contribution is -0.209. The molecule has 2 heteroatoms. The third-order valence-electron chi connectivity index (χ3n) is 7.58. The fourth-order valence-corrected chi connectivity index (χ4v) is 5.89. The molecule has 0 spiro atoms. The maximum atomic E-state index is 11.7. The normalized spacial score (nSPS) is 41.2. The summed E-state index contributed by atoms with van der Waals surface area (Å²) >= 11 is 0. The van der Waals surface area contributed by atoms with E-state index in [9.17, 15) is 10.2 Å². The molecule has 2 bridgehead atoms. The molecule has 2 aliphatic rings. The molecule has 0 aliphatic heterocycles. The Balaban J connectivity index is 2.16. The minimum absolute atomic E-state index is 0.0393. The van der Waals surface area contributed by atoms with E-state index < -0.39 is 11.2 Å². The van der Waals surface area contributed by atoms with Crippen LogP contribution in [0.5, 0.6) is 0 Å². The number of allylic oxidation sites excluding steroid dienone is 1. The van der Waals surface area contributed by atoms with Crippen molar-refractivity contribution in [1.29, 1.82) is 0 Å². The molecule has 0 heterocycles. The summed E-state index contributed by atoms with van der Waals surface area (Å²) in [6.45, 7) is 14.3. The quantitative estimate of drug-likeness (QED) is 0.463. The number of hydrogen-bond acceptors (Lipinski definition) is 2. The molecule has 4 atom stereocenters. The molecule has 0 aromatic heterocycles. The molecule has 132 valence electrons. The third kappa shape index (κ3) is 2.44. The van der Waals surface area contributed by atoms with E-state index in [1.807, 2.05) is 6.08 Å². The molecule has 0 saturated heterocycles. The molecular weight excluding hydrogens is 284 g/mol. The standard InChI is InChI=1S/C21H36O2/c1-6-8-9-10-11-12-15-21(23)19(5)16-13-17(18(19,3)4)20(21,22)14-7-2/h6-7,17,22-23H,1-2,8-16H2,3-5H3/t17-,19-,20+,21+/m0/s1. The molecule has 2 nitrogen and oxygen atoms in total. The van der Waals surface area contributed by atoms with Gasteiger partial charge in [0.15, 0.2) is 0 Å². The first-order chi connectivity index (χ1) is 10.7. The predicted octanol–water partition coefficient (Wildman–Crippen LogP) is 5.01. The van der Waals surface area contributed by atoms with Crippen LogP contribution in [0, 0.1) is 16.7 Å². The number of fused-ring (bicyclic) bond motifs is 2. The van der Waals surface area contributed by atoms with Gasteiger partial charge >= 0.3 is 0 Å². The van der Waals surface area contributed by atoms with Gasteiger partial charge in [0.1, 0.15) is 5.60 Å². The summed E-state index contributed by atoms with van der Waals surface area (Å²) in [6.07, 6.45) is 12.5. The van der Waals surface area contributed by atoms with Crippen molar-refractivity contribution in [1.82, 2.24) is 0 Å². The van der Waals surface area contributed by atoms with Crippen LogP contribution in [0.4, 0.5) is 0 Å². The average molecular weight is 321 g/mol. The van der Waals surface area contributed by atoms with E-state index in [-0.39, 0.29) is 16.7 Å². The SMILES string of the molecule is C=CCCCCCC[C@]1(O)[C@@](O)(CC=C)[C@H]2CC[C@@]1(C)C2(C)C. The maximum absolute atomic E-state index is 11.7. The molecule has 0 radical (unpaired) electrons. The fourth-order valence-electron chi connectivity index (χ4n) is 5.89. The Morgan fingerprint density at radius 1 is 1.00 bits per heavy atom. The van der Waals surface area contributed by atoms with Crippen molar-refractivity contribution in [2.24, 2.45) is 16.7 Å². The Hall–Kier alpha value is -0.600. The van der Waals surface area contributed by atoms with E-state index >= 15 is 0 Å². The highest BCUT2D eigenvalue weighted by Gasteiger charge is 2.78. The molecule has 23 heavy (non-hydrogen) atoms. The second-order valence-electron chi connectivity index (χ2n) is 8.66. The lowest BCUT2D eigenvalue weighted by atomic mass is 9.60. The third-order valence-corrected chi connectivity index (χ3v) is 7.58. The number of rotatable bonds is 9. The average Bonchev–Trinajstić information content (AvgIpc) is 2.77. The van der Waals surface area contributed by atoms with Gasteiger partial charge in [-0.2, -0.15) is 0 Å². The van der Waals surface area contributed by atoms with Gasteiger partial charge in [-0.1, -0.05) is 52.2 Å². The van der Waals surface area contributed by atoms with Gasteiger partial charge in [-0.25, -0.2) is 0 Å². The van der Waals surface area contributed by atoms with E-state index in [1.165, 1.54) is 12.8 Å². The summed E-state index contributed by atoms with van der Waals surface area (Å²) in [6, 6.07) is 0. The van der Waals surface area contributed by atoms with E-state index in [1.54, 1.807) is 6.08 Å². The molecule has 0 aromatic carbocycles. The van der Waals surface area contributed by atoms with E-state index in [2.05, 4.69) is 33.9 Å². The summed E-state index contributed by atoms with van der Waals surface area (Å²) in [7, 11) is 0. The highest BCUT2D eigenvalue weighted by Crippen LogP contribution is 2.74. The van der Waals surface area contributed by atoms with Crippen molar-refractivity contribution < 1.29 is 10.2 Å². The molecule has 2 aliphatic carbocycles. The maximum Gasteiger partial charge on any atom is 0.101 e. The fraction of sp³-hybridized carbons (Fsp3) is 0.810. The van der Waals surface area contributed by atoms with Gasteiger partial charge in [0, 0.05) is 5.41 Å². The van der Waals surface area contributed by atoms with Gasteiger partial charge in [-0.05, 0) is 49.9 Å². The predicted molar refractivity (Wildman–Crippen MR) is 97.2 cm³/mol. The summed E-state index contributed by atoms with van der Waals surface area (Å²) < 4.78 is 0. The number of unbranched alkanes of at least 4 members (excludes halogenated alkanes) is 4. The van der Waals surface area contributed by atoms with Crippen LogP contribution in [0.3, 0.4) is 0 Å².